The highest BCUT2D eigenvalue weighted by Crippen LogP contribution is 2.22. The maximum Gasteiger partial charge on any atom is 0.140 e. The molecule has 0 amide bonds. The van der Waals surface area contributed by atoms with Crippen molar-refractivity contribution in [2.45, 2.75) is 39.3 Å². The molecular weight excluding hydrogens is 329 g/mol. The van der Waals surface area contributed by atoms with Crippen LogP contribution in [-0.2, 0) is 17.9 Å². The molecule has 0 radical (unpaired) electrons. The first-order chi connectivity index (χ1) is 12.6. The van der Waals surface area contributed by atoms with Gasteiger partial charge in [-0.2, -0.15) is 0 Å². The predicted octanol–water partition coefficient (Wildman–Crippen LogP) is 3.92. The fourth-order valence-corrected chi connectivity index (χ4v) is 3.55. The van der Waals surface area contributed by atoms with Crippen LogP contribution in [0.2, 0.25) is 0 Å². The molecule has 5 heteroatoms. The third kappa shape index (κ3) is 3.64. The van der Waals surface area contributed by atoms with E-state index in [1.165, 1.54) is 16.7 Å². The van der Waals surface area contributed by atoms with Crippen LogP contribution in [0.15, 0.2) is 42.5 Å². The minimum absolute atomic E-state index is 0.303. The van der Waals surface area contributed by atoms with Crippen LogP contribution < -0.4 is 0 Å². The monoisotopic (exact) mass is 353 g/mol. The van der Waals surface area contributed by atoms with Gasteiger partial charge in [-0.1, -0.05) is 30.3 Å². The quantitative estimate of drug-likeness (QED) is 0.756. The van der Waals surface area contributed by atoms with E-state index in [1.807, 2.05) is 31.2 Å². The minimum atomic E-state index is -0.967. The van der Waals surface area contributed by atoms with Gasteiger partial charge in [-0.3, -0.25) is 4.90 Å². The van der Waals surface area contributed by atoms with Crippen molar-refractivity contribution in [2.24, 2.45) is 0 Å². The van der Waals surface area contributed by atoms with Crippen molar-refractivity contribution in [2.75, 3.05) is 13.1 Å². The summed E-state index contributed by atoms with van der Waals surface area (Å²) >= 11 is 0. The Kier molecular flexibility index (Phi) is 4.74. The van der Waals surface area contributed by atoms with Gasteiger partial charge in [-0.25, -0.2) is 9.37 Å². The molecule has 2 unspecified atom stereocenters. The third-order valence-electron chi connectivity index (χ3n) is 5.05. The summed E-state index contributed by atoms with van der Waals surface area (Å²) in [4.78, 5) is 9.91. The number of likely N-dealkylation sites (tertiary alicyclic amines) is 1. The number of rotatable bonds is 5. The number of H-pyrrole nitrogens is 1. The first-order valence-corrected chi connectivity index (χ1v) is 9.06. The Morgan fingerprint density at radius 3 is 2.88 bits per heavy atom. The number of ether oxygens (including phenoxy) is 1. The van der Waals surface area contributed by atoms with Gasteiger partial charge in [0.25, 0.3) is 0 Å². The molecule has 1 N–H and O–H groups in total. The molecule has 0 aliphatic carbocycles. The Morgan fingerprint density at radius 2 is 2.04 bits per heavy atom. The first-order valence-electron chi connectivity index (χ1n) is 9.06. The molecule has 1 saturated heterocycles. The Hall–Kier alpha value is -2.24. The zero-order valence-corrected chi connectivity index (χ0v) is 15.2. The molecule has 2 atom stereocenters. The lowest BCUT2D eigenvalue weighted by molar-refractivity contribution is 0.00863. The molecule has 1 aliphatic rings. The van der Waals surface area contributed by atoms with Crippen molar-refractivity contribution >= 4 is 11.0 Å². The van der Waals surface area contributed by atoms with Gasteiger partial charge in [0.2, 0.25) is 0 Å². The van der Waals surface area contributed by atoms with E-state index in [0.29, 0.717) is 19.7 Å². The number of aromatic amines is 1. The second-order valence-electron chi connectivity index (χ2n) is 7.19. The number of alkyl halides is 1. The van der Waals surface area contributed by atoms with Gasteiger partial charge < -0.3 is 9.72 Å². The van der Waals surface area contributed by atoms with Crippen LogP contribution in [0.25, 0.3) is 11.0 Å². The van der Waals surface area contributed by atoms with Crippen LogP contribution in [0.4, 0.5) is 4.39 Å². The smallest absolute Gasteiger partial charge is 0.140 e. The van der Waals surface area contributed by atoms with Gasteiger partial charge in [-0.05, 0) is 42.7 Å². The fourth-order valence-electron chi connectivity index (χ4n) is 3.55. The van der Waals surface area contributed by atoms with E-state index in [4.69, 9.17) is 4.74 Å². The van der Waals surface area contributed by atoms with Crippen molar-refractivity contribution < 1.29 is 9.13 Å². The van der Waals surface area contributed by atoms with Gasteiger partial charge in [0.1, 0.15) is 24.7 Å². The van der Waals surface area contributed by atoms with E-state index in [-0.39, 0.29) is 0 Å². The first kappa shape index (κ1) is 17.2. The van der Waals surface area contributed by atoms with Crippen molar-refractivity contribution in [3.8, 4) is 0 Å². The predicted molar refractivity (Wildman–Crippen MR) is 101 cm³/mol. The summed E-state index contributed by atoms with van der Waals surface area (Å²) in [6, 6.07) is 14.3. The summed E-state index contributed by atoms with van der Waals surface area (Å²) in [5, 5.41) is 0. The van der Waals surface area contributed by atoms with Crippen LogP contribution >= 0.6 is 0 Å². The zero-order valence-electron chi connectivity index (χ0n) is 15.2. The maximum absolute atomic E-state index is 14.4. The fraction of sp³-hybridized carbons (Fsp3) is 0.381. The summed E-state index contributed by atoms with van der Waals surface area (Å²) in [5.74, 6) is 0.746. The molecule has 0 saturated carbocycles. The second kappa shape index (κ2) is 7.17. The largest absolute Gasteiger partial charge is 0.366 e. The number of halogens is 1. The van der Waals surface area contributed by atoms with E-state index in [0.717, 1.165) is 23.4 Å². The third-order valence-corrected chi connectivity index (χ3v) is 5.05. The summed E-state index contributed by atoms with van der Waals surface area (Å²) in [6.07, 6.45) is -1.38. The van der Waals surface area contributed by atoms with Crippen molar-refractivity contribution in [1.29, 1.82) is 0 Å². The number of fused-ring (bicyclic) bond motifs is 1. The average molecular weight is 353 g/mol. The normalized spacial score (nSPS) is 20.9. The van der Waals surface area contributed by atoms with E-state index in [1.54, 1.807) is 0 Å². The standard InChI is InChI=1S/C21H24FN3O/c1-14-7-8-18-19(9-14)24-21(23-18)13-26-20-12-25(11-17(20)22)10-16-6-4-3-5-15(16)2/h3-9,17,20H,10-13H2,1-2H3,(H,23,24). The topological polar surface area (TPSA) is 41.1 Å². The molecule has 1 fully saturated rings. The lowest BCUT2D eigenvalue weighted by atomic mass is 10.1. The van der Waals surface area contributed by atoms with Gasteiger partial charge in [0, 0.05) is 19.6 Å². The number of nitrogens with zero attached hydrogens (tertiary/aromatic N) is 2. The number of imidazole rings is 1. The Bertz CT molecular complexity index is 907. The van der Waals surface area contributed by atoms with Crippen LogP contribution in [0, 0.1) is 13.8 Å². The van der Waals surface area contributed by atoms with Crippen molar-refractivity contribution in [1.82, 2.24) is 14.9 Å². The lowest BCUT2D eigenvalue weighted by Crippen LogP contribution is -2.24. The number of aromatic nitrogens is 2. The minimum Gasteiger partial charge on any atom is -0.366 e. The zero-order chi connectivity index (χ0) is 18.1. The van der Waals surface area contributed by atoms with Crippen LogP contribution in [0.1, 0.15) is 22.5 Å². The lowest BCUT2D eigenvalue weighted by Gasteiger charge is -2.17. The average Bonchev–Trinajstić information content (AvgIpc) is 3.17. The van der Waals surface area contributed by atoms with Gasteiger partial charge in [-0.15, -0.1) is 0 Å². The summed E-state index contributed by atoms with van der Waals surface area (Å²) in [6.45, 7) is 6.22. The molecule has 136 valence electrons. The van der Waals surface area contributed by atoms with E-state index < -0.39 is 12.3 Å². The van der Waals surface area contributed by atoms with E-state index in [9.17, 15) is 4.39 Å². The van der Waals surface area contributed by atoms with Crippen molar-refractivity contribution in [3.63, 3.8) is 0 Å². The number of benzene rings is 2. The molecule has 0 bridgehead atoms. The van der Waals surface area contributed by atoms with Crippen molar-refractivity contribution in [3.05, 3.63) is 65.0 Å². The number of aryl methyl sites for hydroxylation is 2. The molecule has 1 aliphatic heterocycles. The van der Waals surface area contributed by atoms with Gasteiger partial charge >= 0.3 is 0 Å². The summed E-state index contributed by atoms with van der Waals surface area (Å²) in [5.41, 5.74) is 5.57. The maximum atomic E-state index is 14.4. The molecule has 26 heavy (non-hydrogen) atoms. The Labute approximate surface area is 153 Å². The molecule has 3 aromatic rings. The molecule has 1 aromatic heterocycles. The summed E-state index contributed by atoms with van der Waals surface area (Å²) in [7, 11) is 0. The van der Waals surface area contributed by atoms with Crippen LogP contribution in [-0.4, -0.2) is 40.2 Å². The van der Waals surface area contributed by atoms with Gasteiger partial charge in [0.15, 0.2) is 0 Å². The van der Waals surface area contributed by atoms with E-state index >= 15 is 0 Å². The molecular formula is C21H24FN3O. The molecule has 2 aromatic carbocycles. The van der Waals surface area contributed by atoms with E-state index in [2.05, 4.69) is 40.0 Å². The molecule has 4 nitrogen and oxygen atoms in total. The molecule has 0 spiro atoms. The van der Waals surface area contributed by atoms with Crippen LogP contribution in [0.3, 0.4) is 0 Å². The SMILES string of the molecule is Cc1ccc2nc(COC3CN(Cc4ccccc4C)CC3F)[nH]c2c1. The number of hydrogen-bond donors (Lipinski definition) is 1. The Balaban J connectivity index is 1.36. The second-order valence-corrected chi connectivity index (χ2v) is 7.19. The molecule has 2 heterocycles. The molecule has 4 rings (SSSR count). The van der Waals surface area contributed by atoms with Crippen LogP contribution in [0.5, 0.6) is 0 Å². The Morgan fingerprint density at radius 1 is 1.19 bits per heavy atom. The number of hydrogen-bond acceptors (Lipinski definition) is 3. The highest BCUT2D eigenvalue weighted by atomic mass is 19.1. The number of nitrogens with one attached hydrogen (secondary N) is 1. The highest BCUT2D eigenvalue weighted by Gasteiger charge is 2.33. The highest BCUT2D eigenvalue weighted by molar-refractivity contribution is 5.75. The van der Waals surface area contributed by atoms with Gasteiger partial charge in [0.05, 0.1) is 11.0 Å². The summed E-state index contributed by atoms with van der Waals surface area (Å²) < 4.78 is 20.3.